The maximum Gasteiger partial charge on any atom is 0.223 e. The largest absolute Gasteiger partial charge is 0.389 e. The van der Waals surface area contributed by atoms with Gasteiger partial charge in [0, 0.05) is 25.9 Å². The number of benzene rings is 2. The van der Waals surface area contributed by atoms with Crippen LogP contribution in [-0.4, -0.2) is 34.6 Å². The molecule has 1 aliphatic rings. The van der Waals surface area contributed by atoms with Crippen LogP contribution in [0.1, 0.15) is 48.8 Å². The van der Waals surface area contributed by atoms with Crippen LogP contribution in [0.5, 0.6) is 0 Å². The number of carbonyl (C=O) groups excluding carboxylic acids is 1. The third-order valence-electron chi connectivity index (χ3n) is 5.44. The van der Waals surface area contributed by atoms with Crippen LogP contribution in [0, 0.1) is 13.0 Å². The first-order chi connectivity index (χ1) is 12.5. The lowest BCUT2D eigenvalue weighted by atomic mass is 9.84. The number of amides is 1. The number of aliphatic hydroxyl groups is 1. The van der Waals surface area contributed by atoms with Gasteiger partial charge in [0.1, 0.15) is 0 Å². The lowest BCUT2D eigenvalue weighted by Gasteiger charge is -2.38. The molecular weight excluding hydrogens is 322 g/mol. The van der Waals surface area contributed by atoms with Crippen LogP contribution in [-0.2, 0) is 11.2 Å². The van der Waals surface area contributed by atoms with E-state index in [4.69, 9.17) is 0 Å². The van der Waals surface area contributed by atoms with Gasteiger partial charge in [0.2, 0.25) is 5.91 Å². The maximum atomic E-state index is 12.6. The molecule has 0 spiro atoms. The molecule has 0 aliphatic carbocycles. The fourth-order valence-corrected chi connectivity index (χ4v) is 3.78. The van der Waals surface area contributed by atoms with Crippen molar-refractivity contribution in [2.24, 2.45) is 0 Å². The molecule has 0 aromatic heterocycles. The fraction of sp³-hybridized carbons (Fsp3) is 0.435. The van der Waals surface area contributed by atoms with E-state index in [1.54, 1.807) is 0 Å². The molecule has 3 rings (SSSR count). The number of rotatable bonds is 5. The molecule has 3 heteroatoms. The fourth-order valence-electron chi connectivity index (χ4n) is 3.78. The van der Waals surface area contributed by atoms with Gasteiger partial charge in [-0.05, 0) is 48.4 Å². The molecule has 1 N–H and O–H groups in total. The van der Waals surface area contributed by atoms with E-state index in [-0.39, 0.29) is 11.8 Å². The predicted molar refractivity (Wildman–Crippen MR) is 104 cm³/mol. The highest BCUT2D eigenvalue weighted by atomic mass is 16.3. The van der Waals surface area contributed by atoms with Crippen molar-refractivity contribution in [1.29, 1.82) is 0 Å². The molecule has 2 aromatic carbocycles. The third kappa shape index (κ3) is 4.73. The molecule has 26 heavy (non-hydrogen) atoms. The summed E-state index contributed by atoms with van der Waals surface area (Å²) < 4.78 is 0. The maximum absolute atomic E-state index is 12.6. The molecule has 1 atom stereocenters. The number of aryl methyl sites for hydroxylation is 1. The molecule has 1 aliphatic heterocycles. The monoisotopic (exact) mass is 350 g/mol. The summed E-state index contributed by atoms with van der Waals surface area (Å²) in [4.78, 5) is 14.6. The van der Waals surface area contributed by atoms with Gasteiger partial charge in [0.05, 0.1) is 5.60 Å². The second-order valence-electron chi connectivity index (χ2n) is 7.68. The molecule has 1 radical (unpaired) electrons. The Morgan fingerprint density at radius 1 is 1.23 bits per heavy atom. The molecule has 137 valence electrons. The van der Waals surface area contributed by atoms with Crippen LogP contribution in [0.25, 0.3) is 0 Å². The zero-order valence-electron chi connectivity index (χ0n) is 15.7. The van der Waals surface area contributed by atoms with Crippen molar-refractivity contribution in [1.82, 2.24) is 4.90 Å². The minimum absolute atomic E-state index is 0.188. The summed E-state index contributed by atoms with van der Waals surface area (Å²) in [6, 6.07) is 19.3. The number of hydrogen-bond donors (Lipinski definition) is 1. The second kappa shape index (κ2) is 8.05. The Bertz CT molecular complexity index is 733. The van der Waals surface area contributed by atoms with Crippen LogP contribution >= 0.6 is 0 Å². The van der Waals surface area contributed by atoms with Gasteiger partial charge in [-0.2, -0.15) is 0 Å². The molecule has 0 saturated carbocycles. The van der Waals surface area contributed by atoms with E-state index < -0.39 is 5.60 Å². The van der Waals surface area contributed by atoms with Crippen molar-refractivity contribution in [3.8, 4) is 0 Å². The Hall–Kier alpha value is -2.13. The first-order valence-corrected chi connectivity index (χ1v) is 9.47. The summed E-state index contributed by atoms with van der Waals surface area (Å²) in [5, 5.41) is 10.9. The standard InChI is InChI=1S/C23H28NO2/c1-18-7-6-8-20(15-18)17-23(26)11-13-24(14-12-23)22(25)16-19(2)21-9-4-3-5-10-21/h3-6,8-10,15,19,26H,11-14,16-17H2,1-2H3/t19-/m1/s1. The highest BCUT2D eigenvalue weighted by Gasteiger charge is 2.34. The lowest BCUT2D eigenvalue weighted by molar-refractivity contribution is -0.135. The van der Waals surface area contributed by atoms with E-state index in [0.717, 1.165) is 11.1 Å². The first-order valence-electron chi connectivity index (χ1n) is 9.47. The summed E-state index contributed by atoms with van der Waals surface area (Å²) in [6.45, 7) is 5.38. The SMILES string of the molecule is Cc1[c]ccc(CC2(O)CCN(C(=O)C[C@@H](C)c3ccccc3)CC2)c1. The lowest BCUT2D eigenvalue weighted by Crippen LogP contribution is -2.47. The van der Waals surface area contributed by atoms with E-state index in [1.165, 1.54) is 5.56 Å². The average molecular weight is 350 g/mol. The minimum atomic E-state index is -0.713. The van der Waals surface area contributed by atoms with Crippen LogP contribution in [0.3, 0.4) is 0 Å². The zero-order chi connectivity index (χ0) is 18.6. The van der Waals surface area contributed by atoms with Gasteiger partial charge in [0.15, 0.2) is 0 Å². The van der Waals surface area contributed by atoms with Crippen LogP contribution < -0.4 is 0 Å². The Morgan fingerprint density at radius 2 is 1.92 bits per heavy atom. The van der Waals surface area contributed by atoms with E-state index >= 15 is 0 Å². The Balaban J connectivity index is 1.53. The highest BCUT2D eigenvalue weighted by Crippen LogP contribution is 2.28. The average Bonchev–Trinajstić information content (AvgIpc) is 2.62. The number of carbonyl (C=O) groups is 1. The Kier molecular flexibility index (Phi) is 5.77. The van der Waals surface area contributed by atoms with E-state index in [1.807, 2.05) is 42.2 Å². The van der Waals surface area contributed by atoms with Gasteiger partial charge in [0.25, 0.3) is 0 Å². The number of hydrogen-bond acceptors (Lipinski definition) is 2. The predicted octanol–water partition coefficient (Wildman–Crippen LogP) is 3.89. The first kappa shape index (κ1) is 18.7. The minimum Gasteiger partial charge on any atom is -0.389 e. The van der Waals surface area contributed by atoms with E-state index in [9.17, 15) is 9.90 Å². The summed E-state index contributed by atoms with van der Waals surface area (Å²) in [6.07, 6.45) is 2.44. The van der Waals surface area contributed by atoms with Crippen molar-refractivity contribution >= 4 is 5.91 Å². The summed E-state index contributed by atoms with van der Waals surface area (Å²) >= 11 is 0. The number of likely N-dealkylation sites (tertiary alicyclic amines) is 1. The normalized spacial score (nSPS) is 17.7. The summed E-state index contributed by atoms with van der Waals surface area (Å²) in [5.74, 6) is 0.404. The van der Waals surface area contributed by atoms with Gasteiger partial charge >= 0.3 is 0 Å². The van der Waals surface area contributed by atoms with Crippen molar-refractivity contribution in [3.05, 3.63) is 71.3 Å². The van der Waals surface area contributed by atoms with Gasteiger partial charge in [-0.1, -0.05) is 55.5 Å². The molecule has 1 amide bonds. The Labute approximate surface area is 156 Å². The molecule has 1 saturated heterocycles. The molecule has 2 aromatic rings. The second-order valence-corrected chi connectivity index (χ2v) is 7.68. The molecule has 1 fully saturated rings. The molecule has 0 unspecified atom stereocenters. The van der Waals surface area contributed by atoms with Crippen molar-refractivity contribution in [3.63, 3.8) is 0 Å². The van der Waals surface area contributed by atoms with Crippen LogP contribution in [0.15, 0.2) is 48.5 Å². The van der Waals surface area contributed by atoms with Crippen molar-refractivity contribution in [2.45, 2.75) is 51.0 Å². The van der Waals surface area contributed by atoms with Gasteiger partial charge in [-0.3, -0.25) is 4.79 Å². The Morgan fingerprint density at radius 3 is 2.58 bits per heavy atom. The topological polar surface area (TPSA) is 40.5 Å². The highest BCUT2D eigenvalue weighted by molar-refractivity contribution is 5.77. The zero-order valence-corrected chi connectivity index (χ0v) is 15.7. The van der Waals surface area contributed by atoms with Crippen molar-refractivity contribution < 1.29 is 9.90 Å². The smallest absolute Gasteiger partial charge is 0.223 e. The van der Waals surface area contributed by atoms with Crippen LogP contribution in [0.4, 0.5) is 0 Å². The quantitative estimate of drug-likeness (QED) is 0.889. The van der Waals surface area contributed by atoms with Gasteiger partial charge in [-0.25, -0.2) is 0 Å². The van der Waals surface area contributed by atoms with Gasteiger partial charge < -0.3 is 10.0 Å². The molecule has 0 bridgehead atoms. The number of nitrogens with zero attached hydrogens (tertiary/aromatic N) is 1. The number of piperidine rings is 1. The summed E-state index contributed by atoms with van der Waals surface area (Å²) in [7, 11) is 0. The third-order valence-corrected chi connectivity index (χ3v) is 5.44. The summed E-state index contributed by atoms with van der Waals surface area (Å²) in [5.41, 5.74) is 2.72. The molecular formula is C23H28NO2. The van der Waals surface area contributed by atoms with E-state index in [2.05, 4.69) is 31.2 Å². The van der Waals surface area contributed by atoms with Crippen molar-refractivity contribution in [2.75, 3.05) is 13.1 Å². The molecule has 1 heterocycles. The molecule has 3 nitrogen and oxygen atoms in total. The van der Waals surface area contributed by atoms with Gasteiger partial charge in [-0.15, -0.1) is 0 Å². The van der Waals surface area contributed by atoms with E-state index in [0.29, 0.717) is 38.8 Å². The van der Waals surface area contributed by atoms with Crippen LogP contribution in [0.2, 0.25) is 0 Å².